The number of nitrogen functional groups attached to an aromatic ring is 1. The minimum atomic E-state index is 0.557. The van der Waals surface area contributed by atoms with E-state index < -0.39 is 0 Å². The number of rotatable bonds is 0. The Morgan fingerprint density at radius 3 is 2.78 bits per heavy atom. The first-order valence-electron chi connectivity index (χ1n) is 5.65. The summed E-state index contributed by atoms with van der Waals surface area (Å²) in [5, 5.41) is 4.61. The second-order valence-corrected chi connectivity index (χ2v) is 5.20. The first kappa shape index (κ1) is 9.79. The Kier molecular flexibility index (Phi) is 1.85. The molecule has 0 fully saturated rings. The molecule has 2 heterocycles. The molecule has 0 unspecified atom stereocenters. The summed E-state index contributed by atoms with van der Waals surface area (Å²) in [5.41, 5.74) is 5.97. The van der Waals surface area contributed by atoms with Gasteiger partial charge >= 0.3 is 0 Å². The summed E-state index contributed by atoms with van der Waals surface area (Å²) in [7, 11) is 0. The third-order valence-corrected chi connectivity index (χ3v) is 4.34. The SMILES string of the molecule is Nc1ncnc2sc3c4ccccc4ccc3c12. The quantitative estimate of drug-likeness (QED) is 0.519. The van der Waals surface area contributed by atoms with Crippen molar-refractivity contribution in [1.29, 1.82) is 0 Å². The molecule has 0 radical (unpaired) electrons. The number of nitrogens with two attached hydrogens (primary N) is 1. The summed E-state index contributed by atoms with van der Waals surface area (Å²) >= 11 is 1.67. The first-order valence-corrected chi connectivity index (χ1v) is 6.47. The van der Waals surface area contributed by atoms with Crippen LogP contribution in [0.2, 0.25) is 0 Å². The van der Waals surface area contributed by atoms with Crippen LogP contribution < -0.4 is 5.73 Å². The van der Waals surface area contributed by atoms with Crippen molar-refractivity contribution in [1.82, 2.24) is 9.97 Å². The van der Waals surface area contributed by atoms with Crippen molar-refractivity contribution in [3.8, 4) is 0 Å². The Bertz CT molecular complexity index is 895. The van der Waals surface area contributed by atoms with Gasteiger partial charge < -0.3 is 5.73 Å². The van der Waals surface area contributed by atoms with Gasteiger partial charge in [0.25, 0.3) is 0 Å². The van der Waals surface area contributed by atoms with Gasteiger partial charge in [0.2, 0.25) is 0 Å². The normalized spacial score (nSPS) is 11.6. The maximum Gasteiger partial charge on any atom is 0.136 e. The Morgan fingerprint density at radius 1 is 0.944 bits per heavy atom. The standard InChI is InChI=1S/C14H9N3S/c15-13-11-10-6-5-8-3-1-2-4-9(8)12(10)18-14(11)17-7-16-13/h1-7H,(H2,15,16,17). The topological polar surface area (TPSA) is 51.8 Å². The van der Waals surface area contributed by atoms with E-state index >= 15 is 0 Å². The number of fused-ring (bicyclic) bond motifs is 5. The molecule has 4 rings (SSSR count). The van der Waals surface area contributed by atoms with Gasteiger partial charge in [0, 0.05) is 10.1 Å². The van der Waals surface area contributed by atoms with E-state index in [0.29, 0.717) is 5.82 Å². The Labute approximate surface area is 107 Å². The zero-order valence-electron chi connectivity index (χ0n) is 9.42. The highest BCUT2D eigenvalue weighted by atomic mass is 32.1. The van der Waals surface area contributed by atoms with E-state index in [-0.39, 0.29) is 0 Å². The molecule has 2 aromatic carbocycles. The Hall–Kier alpha value is -2.20. The molecule has 0 aliphatic heterocycles. The van der Waals surface area contributed by atoms with Crippen LogP contribution in [0.5, 0.6) is 0 Å². The molecule has 0 saturated carbocycles. The zero-order chi connectivity index (χ0) is 12.1. The molecule has 0 amide bonds. The number of aromatic nitrogens is 2. The van der Waals surface area contributed by atoms with Gasteiger partial charge in [-0.3, -0.25) is 0 Å². The van der Waals surface area contributed by atoms with Crippen LogP contribution in [0.3, 0.4) is 0 Å². The lowest BCUT2D eigenvalue weighted by atomic mass is 10.1. The molecular formula is C14H9N3S. The lowest BCUT2D eigenvalue weighted by Crippen LogP contribution is -1.90. The lowest BCUT2D eigenvalue weighted by molar-refractivity contribution is 1.24. The second-order valence-electron chi connectivity index (χ2n) is 4.20. The van der Waals surface area contributed by atoms with Gasteiger partial charge in [-0.05, 0) is 10.8 Å². The van der Waals surface area contributed by atoms with Crippen LogP contribution in [0.25, 0.3) is 31.1 Å². The molecule has 0 aliphatic rings. The van der Waals surface area contributed by atoms with Gasteiger partial charge in [0.05, 0.1) is 5.39 Å². The second kappa shape index (κ2) is 3.40. The van der Waals surface area contributed by atoms with Crippen molar-refractivity contribution in [2.75, 3.05) is 5.73 Å². The number of hydrogen-bond donors (Lipinski definition) is 1. The average molecular weight is 251 g/mol. The molecule has 0 bridgehead atoms. The van der Waals surface area contributed by atoms with Crippen LogP contribution in [0.4, 0.5) is 5.82 Å². The van der Waals surface area contributed by atoms with Crippen LogP contribution in [0.15, 0.2) is 42.7 Å². The van der Waals surface area contributed by atoms with E-state index in [4.69, 9.17) is 5.73 Å². The fraction of sp³-hybridized carbons (Fsp3) is 0. The lowest BCUT2D eigenvalue weighted by Gasteiger charge is -1.99. The minimum Gasteiger partial charge on any atom is -0.383 e. The molecule has 2 aromatic heterocycles. The summed E-state index contributed by atoms with van der Waals surface area (Å²) in [4.78, 5) is 9.35. The monoisotopic (exact) mass is 251 g/mol. The van der Waals surface area contributed by atoms with E-state index in [9.17, 15) is 0 Å². The molecular weight excluding hydrogens is 242 g/mol. The fourth-order valence-electron chi connectivity index (χ4n) is 2.36. The van der Waals surface area contributed by atoms with Crippen LogP contribution in [-0.2, 0) is 0 Å². The van der Waals surface area contributed by atoms with Crippen molar-refractivity contribution in [2.24, 2.45) is 0 Å². The molecule has 4 aromatic rings. The van der Waals surface area contributed by atoms with Gasteiger partial charge in [-0.2, -0.15) is 0 Å². The van der Waals surface area contributed by atoms with Gasteiger partial charge in [-0.15, -0.1) is 11.3 Å². The summed E-state index contributed by atoms with van der Waals surface area (Å²) in [6.45, 7) is 0. The Morgan fingerprint density at radius 2 is 1.83 bits per heavy atom. The molecule has 0 atom stereocenters. The van der Waals surface area contributed by atoms with Gasteiger partial charge in [-0.25, -0.2) is 9.97 Å². The van der Waals surface area contributed by atoms with E-state index in [1.54, 1.807) is 11.3 Å². The van der Waals surface area contributed by atoms with Crippen molar-refractivity contribution in [3.63, 3.8) is 0 Å². The molecule has 18 heavy (non-hydrogen) atoms. The molecule has 3 nitrogen and oxygen atoms in total. The van der Waals surface area contributed by atoms with E-state index in [1.165, 1.54) is 21.8 Å². The maximum absolute atomic E-state index is 5.97. The van der Waals surface area contributed by atoms with Gasteiger partial charge in [0.15, 0.2) is 0 Å². The Balaban J connectivity index is 2.34. The predicted molar refractivity (Wildman–Crippen MR) is 76.8 cm³/mol. The van der Waals surface area contributed by atoms with Gasteiger partial charge in [0.1, 0.15) is 17.0 Å². The van der Waals surface area contributed by atoms with Crippen molar-refractivity contribution < 1.29 is 0 Å². The maximum atomic E-state index is 5.97. The molecule has 0 spiro atoms. The smallest absolute Gasteiger partial charge is 0.136 e. The third-order valence-electron chi connectivity index (χ3n) is 3.19. The first-order chi connectivity index (χ1) is 8.84. The van der Waals surface area contributed by atoms with Crippen LogP contribution in [-0.4, -0.2) is 9.97 Å². The molecule has 2 N–H and O–H groups in total. The number of benzene rings is 2. The average Bonchev–Trinajstić information content (AvgIpc) is 2.79. The van der Waals surface area contributed by atoms with Crippen molar-refractivity contribution in [3.05, 3.63) is 42.7 Å². The van der Waals surface area contributed by atoms with E-state index in [0.717, 1.165) is 15.6 Å². The zero-order valence-corrected chi connectivity index (χ0v) is 10.2. The fourth-order valence-corrected chi connectivity index (χ4v) is 3.54. The number of thiophene rings is 1. The summed E-state index contributed by atoms with van der Waals surface area (Å²) in [5.74, 6) is 0.557. The van der Waals surface area contributed by atoms with E-state index in [2.05, 4.69) is 46.4 Å². The van der Waals surface area contributed by atoms with Crippen LogP contribution in [0.1, 0.15) is 0 Å². The van der Waals surface area contributed by atoms with Crippen molar-refractivity contribution in [2.45, 2.75) is 0 Å². The molecule has 0 aliphatic carbocycles. The summed E-state index contributed by atoms with van der Waals surface area (Å²) in [6.07, 6.45) is 1.52. The third kappa shape index (κ3) is 1.18. The molecule has 86 valence electrons. The highest BCUT2D eigenvalue weighted by Crippen LogP contribution is 2.38. The van der Waals surface area contributed by atoms with Crippen LogP contribution >= 0.6 is 11.3 Å². The van der Waals surface area contributed by atoms with Crippen molar-refractivity contribution >= 4 is 48.2 Å². The number of nitrogens with zero attached hydrogens (tertiary/aromatic N) is 2. The largest absolute Gasteiger partial charge is 0.383 e. The number of hydrogen-bond acceptors (Lipinski definition) is 4. The highest BCUT2D eigenvalue weighted by Gasteiger charge is 2.11. The number of anilines is 1. The summed E-state index contributed by atoms with van der Waals surface area (Å²) in [6, 6.07) is 12.6. The summed E-state index contributed by atoms with van der Waals surface area (Å²) < 4.78 is 1.23. The van der Waals surface area contributed by atoms with E-state index in [1.807, 2.05) is 0 Å². The molecule has 4 heteroatoms. The minimum absolute atomic E-state index is 0.557. The molecule has 0 saturated heterocycles. The van der Waals surface area contributed by atoms with Crippen LogP contribution in [0, 0.1) is 0 Å². The predicted octanol–water partition coefficient (Wildman–Crippen LogP) is 3.58. The van der Waals surface area contributed by atoms with Gasteiger partial charge in [-0.1, -0.05) is 36.4 Å². The highest BCUT2D eigenvalue weighted by molar-refractivity contribution is 7.26.